The van der Waals surface area contributed by atoms with Crippen LogP contribution in [-0.4, -0.2) is 25.3 Å². The smallest absolute Gasteiger partial charge is 0.310 e. The molecular weight excluding hydrogens is 240 g/mol. The van der Waals surface area contributed by atoms with E-state index in [1.54, 1.807) is 12.1 Å². The predicted octanol–water partition coefficient (Wildman–Crippen LogP) is 2.33. The molecule has 2 rings (SSSR count). The Labute approximate surface area is 102 Å². The SMILES string of the molecule is COC(=O)Cc1csc2cc(OC)c(O)cc12. The van der Waals surface area contributed by atoms with Gasteiger partial charge < -0.3 is 14.6 Å². The Morgan fingerprint density at radius 1 is 1.41 bits per heavy atom. The molecule has 0 spiro atoms. The summed E-state index contributed by atoms with van der Waals surface area (Å²) in [6.07, 6.45) is 0.211. The Kier molecular flexibility index (Phi) is 3.19. The van der Waals surface area contributed by atoms with Gasteiger partial charge in [0.2, 0.25) is 0 Å². The number of esters is 1. The highest BCUT2D eigenvalue weighted by Gasteiger charge is 2.12. The van der Waals surface area contributed by atoms with Crippen LogP contribution in [0, 0.1) is 0 Å². The molecule has 1 N–H and O–H groups in total. The number of benzene rings is 1. The first-order valence-electron chi connectivity index (χ1n) is 4.99. The molecule has 0 amide bonds. The van der Waals surface area contributed by atoms with E-state index >= 15 is 0 Å². The minimum Gasteiger partial charge on any atom is -0.504 e. The zero-order chi connectivity index (χ0) is 12.4. The van der Waals surface area contributed by atoms with Gasteiger partial charge in [0.15, 0.2) is 11.5 Å². The Balaban J connectivity index is 2.46. The average Bonchev–Trinajstić information content (AvgIpc) is 2.70. The first kappa shape index (κ1) is 11.7. The lowest BCUT2D eigenvalue weighted by atomic mass is 10.1. The van der Waals surface area contributed by atoms with Crippen molar-refractivity contribution in [2.45, 2.75) is 6.42 Å². The lowest BCUT2D eigenvalue weighted by Gasteiger charge is -2.04. The zero-order valence-corrected chi connectivity index (χ0v) is 10.3. The fourth-order valence-electron chi connectivity index (χ4n) is 1.62. The zero-order valence-electron chi connectivity index (χ0n) is 9.52. The quantitative estimate of drug-likeness (QED) is 0.852. The molecule has 4 nitrogen and oxygen atoms in total. The maximum atomic E-state index is 11.2. The van der Waals surface area contributed by atoms with Crippen LogP contribution in [0.5, 0.6) is 11.5 Å². The summed E-state index contributed by atoms with van der Waals surface area (Å²) in [5, 5.41) is 12.5. The first-order chi connectivity index (χ1) is 8.15. The van der Waals surface area contributed by atoms with Crippen LogP contribution in [0.1, 0.15) is 5.56 Å². The number of thiophene rings is 1. The summed E-state index contributed by atoms with van der Waals surface area (Å²) >= 11 is 1.51. The fraction of sp³-hybridized carbons (Fsp3) is 0.250. The standard InChI is InChI=1S/C12H12O4S/c1-15-10-5-11-8(4-9(10)13)7(6-17-11)3-12(14)16-2/h4-6,13H,3H2,1-2H3. The monoisotopic (exact) mass is 252 g/mol. The predicted molar refractivity (Wildman–Crippen MR) is 65.8 cm³/mol. The maximum absolute atomic E-state index is 11.2. The minimum atomic E-state index is -0.292. The van der Waals surface area contributed by atoms with Crippen molar-refractivity contribution in [3.8, 4) is 11.5 Å². The summed E-state index contributed by atoms with van der Waals surface area (Å²) in [5.74, 6) is 0.216. The summed E-state index contributed by atoms with van der Waals surface area (Å²) in [6.45, 7) is 0. The Hall–Kier alpha value is -1.75. The highest BCUT2D eigenvalue weighted by Crippen LogP contribution is 2.36. The highest BCUT2D eigenvalue weighted by atomic mass is 32.1. The molecule has 0 atom stereocenters. The van der Waals surface area contributed by atoms with E-state index < -0.39 is 0 Å². The van der Waals surface area contributed by atoms with Gasteiger partial charge in [-0.1, -0.05) is 0 Å². The van der Waals surface area contributed by atoms with Crippen LogP contribution >= 0.6 is 11.3 Å². The molecule has 0 saturated carbocycles. The summed E-state index contributed by atoms with van der Waals surface area (Å²) < 4.78 is 10.6. The number of carbonyl (C=O) groups is 1. The van der Waals surface area contributed by atoms with Crippen molar-refractivity contribution in [1.82, 2.24) is 0 Å². The average molecular weight is 252 g/mol. The van der Waals surface area contributed by atoms with Crippen molar-refractivity contribution >= 4 is 27.4 Å². The minimum absolute atomic E-state index is 0.0736. The first-order valence-corrected chi connectivity index (χ1v) is 5.87. The number of aromatic hydroxyl groups is 1. The van der Waals surface area contributed by atoms with Gasteiger partial charge in [-0.3, -0.25) is 4.79 Å². The number of ether oxygens (including phenoxy) is 2. The van der Waals surface area contributed by atoms with Crippen LogP contribution in [-0.2, 0) is 16.0 Å². The van der Waals surface area contributed by atoms with Crippen LogP contribution < -0.4 is 4.74 Å². The van der Waals surface area contributed by atoms with Crippen molar-refractivity contribution in [3.63, 3.8) is 0 Å². The molecule has 0 fully saturated rings. The molecule has 1 heterocycles. The molecule has 0 radical (unpaired) electrons. The van der Waals surface area contributed by atoms with Gasteiger partial charge in [0.05, 0.1) is 20.6 Å². The number of hydrogen-bond acceptors (Lipinski definition) is 5. The topological polar surface area (TPSA) is 55.8 Å². The van der Waals surface area contributed by atoms with Crippen molar-refractivity contribution in [2.24, 2.45) is 0 Å². The number of methoxy groups -OCH3 is 2. The summed E-state index contributed by atoms with van der Waals surface area (Å²) in [6, 6.07) is 3.37. The molecule has 90 valence electrons. The van der Waals surface area contributed by atoms with E-state index in [2.05, 4.69) is 4.74 Å². The largest absolute Gasteiger partial charge is 0.504 e. The molecule has 0 unspecified atom stereocenters. The van der Waals surface area contributed by atoms with Crippen LogP contribution in [0.2, 0.25) is 0 Å². The molecule has 0 saturated heterocycles. The molecular formula is C12H12O4S. The third-order valence-corrected chi connectivity index (χ3v) is 3.51. The molecule has 5 heteroatoms. The Bertz CT molecular complexity index is 559. The van der Waals surface area contributed by atoms with Crippen LogP contribution in [0.25, 0.3) is 10.1 Å². The van der Waals surface area contributed by atoms with Gasteiger partial charge in [-0.25, -0.2) is 0 Å². The number of fused-ring (bicyclic) bond motifs is 1. The highest BCUT2D eigenvalue weighted by molar-refractivity contribution is 7.17. The second-order valence-corrected chi connectivity index (χ2v) is 4.45. The second-order valence-electron chi connectivity index (χ2n) is 3.53. The van der Waals surface area contributed by atoms with Gasteiger partial charge in [0, 0.05) is 16.2 Å². The lowest BCUT2D eigenvalue weighted by Crippen LogP contribution is -2.03. The summed E-state index contributed by atoms with van der Waals surface area (Å²) in [5.41, 5.74) is 0.856. The molecule has 17 heavy (non-hydrogen) atoms. The van der Waals surface area contributed by atoms with E-state index in [0.29, 0.717) is 5.75 Å². The van der Waals surface area contributed by atoms with E-state index in [0.717, 1.165) is 15.6 Å². The second kappa shape index (κ2) is 4.63. The van der Waals surface area contributed by atoms with Gasteiger partial charge in [-0.05, 0) is 17.0 Å². The van der Waals surface area contributed by atoms with Crippen molar-refractivity contribution in [2.75, 3.05) is 14.2 Å². The Morgan fingerprint density at radius 2 is 2.18 bits per heavy atom. The van der Waals surface area contributed by atoms with E-state index in [4.69, 9.17) is 4.74 Å². The number of carbonyl (C=O) groups excluding carboxylic acids is 1. The maximum Gasteiger partial charge on any atom is 0.310 e. The molecule has 0 bridgehead atoms. The number of phenolic OH excluding ortho intramolecular Hbond substituents is 1. The van der Waals surface area contributed by atoms with Crippen LogP contribution in [0.15, 0.2) is 17.5 Å². The van der Waals surface area contributed by atoms with E-state index in [-0.39, 0.29) is 18.1 Å². The molecule has 1 aromatic carbocycles. The van der Waals surface area contributed by atoms with Crippen LogP contribution in [0.4, 0.5) is 0 Å². The number of hydrogen-bond donors (Lipinski definition) is 1. The molecule has 0 aliphatic rings. The Morgan fingerprint density at radius 3 is 2.82 bits per heavy atom. The van der Waals surface area contributed by atoms with Gasteiger partial charge in [0.25, 0.3) is 0 Å². The third-order valence-electron chi connectivity index (χ3n) is 2.52. The lowest BCUT2D eigenvalue weighted by molar-refractivity contribution is -0.139. The van der Waals surface area contributed by atoms with E-state index in [9.17, 15) is 9.90 Å². The third kappa shape index (κ3) is 2.19. The summed E-state index contributed by atoms with van der Waals surface area (Å²) in [7, 11) is 2.86. The molecule has 2 aromatic rings. The van der Waals surface area contributed by atoms with Crippen molar-refractivity contribution in [1.29, 1.82) is 0 Å². The van der Waals surface area contributed by atoms with Gasteiger partial charge >= 0.3 is 5.97 Å². The van der Waals surface area contributed by atoms with Crippen molar-refractivity contribution < 1.29 is 19.4 Å². The van der Waals surface area contributed by atoms with Gasteiger partial charge in [0.1, 0.15) is 0 Å². The van der Waals surface area contributed by atoms with Crippen molar-refractivity contribution in [3.05, 3.63) is 23.1 Å². The van der Waals surface area contributed by atoms with Crippen LogP contribution in [0.3, 0.4) is 0 Å². The normalized spacial score (nSPS) is 10.5. The molecule has 0 aliphatic heterocycles. The number of phenols is 1. The summed E-state index contributed by atoms with van der Waals surface area (Å²) in [4.78, 5) is 11.2. The fourth-order valence-corrected chi connectivity index (χ4v) is 2.60. The van der Waals surface area contributed by atoms with E-state index in [1.807, 2.05) is 5.38 Å². The molecule has 1 aromatic heterocycles. The van der Waals surface area contributed by atoms with Gasteiger partial charge in [-0.15, -0.1) is 11.3 Å². The molecule has 0 aliphatic carbocycles. The van der Waals surface area contributed by atoms with Gasteiger partial charge in [-0.2, -0.15) is 0 Å². The van der Waals surface area contributed by atoms with E-state index in [1.165, 1.54) is 25.6 Å². The number of rotatable bonds is 3.